The van der Waals surface area contributed by atoms with Gasteiger partial charge in [0.25, 0.3) is 0 Å². The van der Waals surface area contributed by atoms with Gasteiger partial charge in [-0.05, 0) is 56.6 Å². The van der Waals surface area contributed by atoms with Gasteiger partial charge in [-0.2, -0.15) is 5.10 Å². The molecular weight excluding hydrogens is 326 g/mol. The highest BCUT2D eigenvalue weighted by Gasteiger charge is 2.53. The molecule has 1 aliphatic heterocycles. The van der Waals surface area contributed by atoms with E-state index in [2.05, 4.69) is 23.3 Å². The number of aryl methyl sites for hydroxylation is 1. The summed E-state index contributed by atoms with van der Waals surface area (Å²) in [5, 5.41) is 15.6. The second-order valence-electron chi connectivity index (χ2n) is 9.28. The van der Waals surface area contributed by atoms with E-state index >= 15 is 0 Å². The SMILES string of the molecule is Cn1ncc2c([C@@H]3CCC4(C3)CN(C(=O)C3CC(C)(O)C3)C4)cccc21. The van der Waals surface area contributed by atoms with Gasteiger partial charge in [0, 0.05) is 36.9 Å². The maximum absolute atomic E-state index is 12.6. The van der Waals surface area contributed by atoms with Crippen molar-refractivity contribution in [3.63, 3.8) is 0 Å². The molecule has 5 nitrogen and oxygen atoms in total. The van der Waals surface area contributed by atoms with Crippen molar-refractivity contribution in [2.45, 2.75) is 50.5 Å². The van der Waals surface area contributed by atoms with Gasteiger partial charge in [0.15, 0.2) is 0 Å². The summed E-state index contributed by atoms with van der Waals surface area (Å²) in [5.74, 6) is 0.883. The van der Waals surface area contributed by atoms with Crippen LogP contribution in [0.15, 0.2) is 24.4 Å². The fraction of sp³-hybridized carbons (Fsp3) is 0.619. The highest BCUT2D eigenvalue weighted by atomic mass is 16.3. The lowest BCUT2D eigenvalue weighted by atomic mass is 9.69. The Balaban J connectivity index is 1.26. The van der Waals surface area contributed by atoms with Crippen LogP contribution in [-0.2, 0) is 11.8 Å². The maximum atomic E-state index is 12.6. The Morgan fingerprint density at radius 3 is 2.77 bits per heavy atom. The summed E-state index contributed by atoms with van der Waals surface area (Å²) in [6.45, 7) is 3.64. The number of hydrogen-bond donors (Lipinski definition) is 1. The van der Waals surface area contributed by atoms with Crippen molar-refractivity contribution in [3.05, 3.63) is 30.0 Å². The Bertz CT molecular complexity index is 871. The van der Waals surface area contributed by atoms with Crippen molar-refractivity contribution in [3.8, 4) is 0 Å². The quantitative estimate of drug-likeness (QED) is 0.903. The number of carbonyl (C=O) groups excluding carboxylic acids is 1. The van der Waals surface area contributed by atoms with Crippen LogP contribution >= 0.6 is 0 Å². The maximum Gasteiger partial charge on any atom is 0.225 e. The fourth-order valence-electron chi connectivity index (χ4n) is 5.67. The fourth-order valence-corrected chi connectivity index (χ4v) is 5.67. The van der Waals surface area contributed by atoms with Crippen LogP contribution < -0.4 is 0 Å². The number of benzene rings is 1. The van der Waals surface area contributed by atoms with E-state index < -0.39 is 5.60 Å². The van der Waals surface area contributed by atoms with Crippen molar-refractivity contribution in [1.82, 2.24) is 14.7 Å². The normalized spacial score (nSPS) is 32.7. The molecular formula is C21H27N3O2. The van der Waals surface area contributed by atoms with E-state index in [1.54, 1.807) is 0 Å². The standard InChI is InChI=1S/C21H27N3O2/c1-20(26)8-15(9-20)19(25)24-12-21(13-24)7-6-14(10-21)16-4-3-5-18-17(16)11-22-23(18)2/h3-5,11,14-15,26H,6-10,12-13H2,1-2H3/t14-,15?,20?/m1/s1. The van der Waals surface area contributed by atoms with E-state index in [0.717, 1.165) is 13.1 Å². The molecule has 1 N–H and O–H groups in total. The number of hydrogen-bond acceptors (Lipinski definition) is 3. The molecule has 1 aromatic heterocycles. The molecule has 0 unspecified atom stereocenters. The van der Waals surface area contributed by atoms with Gasteiger partial charge in [-0.1, -0.05) is 12.1 Å². The molecule has 5 heteroatoms. The molecule has 2 saturated carbocycles. The molecule has 2 aliphatic carbocycles. The average molecular weight is 353 g/mol. The van der Waals surface area contributed by atoms with E-state index in [-0.39, 0.29) is 11.8 Å². The molecule has 138 valence electrons. The van der Waals surface area contributed by atoms with Crippen LogP contribution in [0.25, 0.3) is 10.9 Å². The van der Waals surface area contributed by atoms with Crippen LogP contribution in [0.2, 0.25) is 0 Å². The minimum atomic E-state index is -0.621. The van der Waals surface area contributed by atoms with E-state index in [0.29, 0.717) is 24.2 Å². The van der Waals surface area contributed by atoms with Gasteiger partial charge in [-0.25, -0.2) is 0 Å². The molecule has 1 spiro atoms. The summed E-state index contributed by atoms with van der Waals surface area (Å²) >= 11 is 0. The monoisotopic (exact) mass is 353 g/mol. The Kier molecular flexibility index (Phi) is 3.34. The zero-order valence-electron chi connectivity index (χ0n) is 15.6. The molecule has 1 aromatic carbocycles. The largest absolute Gasteiger partial charge is 0.390 e. The Morgan fingerprint density at radius 1 is 1.27 bits per heavy atom. The lowest BCUT2D eigenvalue weighted by molar-refractivity contribution is -0.161. The number of likely N-dealkylation sites (tertiary alicyclic amines) is 1. The van der Waals surface area contributed by atoms with Crippen LogP contribution in [0.3, 0.4) is 0 Å². The zero-order valence-corrected chi connectivity index (χ0v) is 15.6. The number of aliphatic hydroxyl groups is 1. The van der Waals surface area contributed by atoms with Gasteiger partial charge in [0.2, 0.25) is 5.91 Å². The Morgan fingerprint density at radius 2 is 2.04 bits per heavy atom. The first-order valence-electron chi connectivity index (χ1n) is 9.78. The van der Waals surface area contributed by atoms with E-state index in [1.165, 1.54) is 35.7 Å². The number of nitrogens with zero attached hydrogens (tertiary/aromatic N) is 3. The van der Waals surface area contributed by atoms with Crippen LogP contribution in [0.5, 0.6) is 0 Å². The van der Waals surface area contributed by atoms with Crippen molar-refractivity contribution in [2.24, 2.45) is 18.4 Å². The van der Waals surface area contributed by atoms with Gasteiger partial charge < -0.3 is 10.0 Å². The van der Waals surface area contributed by atoms with Crippen LogP contribution in [0, 0.1) is 11.3 Å². The summed E-state index contributed by atoms with van der Waals surface area (Å²) in [4.78, 5) is 14.6. The first kappa shape index (κ1) is 16.3. The lowest BCUT2D eigenvalue weighted by Gasteiger charge is -2.52. The van der Waals surface area contributed by atoms with E-state index in [9.17, 15) is 9.90 Å². The molecule has 1 saturated heterocycles. The number of aromatic nitrogens is 2. The van der Waals surface area contributed by atoms with Crippen LogP contribution in [-0.4, -0.2) is 44.4 Å². The summed E-state index contributed by atoms with van der Waals surface area (Å²) in [5.41, 5.74) is 2.32. The summed E-state index contributed by atoms with van der Waals surface area (Å²) in [6, 6.07) is 6.53. The number of fused-ring (bicyclic) bond motifs is 1. The molecule has 3 fully saturated rings. The second-order valence-corrected chi connectivity index (χ2v) is 9.28. The summed E-state index contributed by atoms with van der Waals surface area (Å²) in [7, 11) is 2.00. The Hall–Kier alpha value is -1.88. The number of amides is 1. The third-order valence-electron chi connectivity index (χ3n) is 7.05. The van der Waals surface area contributed by atoms with Gasteiger partial charge >= 0.3 is 0 Å². The molecule has 1 atom stereocenters. The van der Waals surface area contributed by atoms with Gasteiger partial charge in [-0.3, -0.25) is 9.48 Å². The molecule has 0 radical (unpaired) electrons. The Labute approximate surface area is 154 Å². The van der Waals surface area contributed by atoms with Crippen molar-refractivity contribution >= 4 is 16.8 Å². The second kappa shape index (κ2) is 5.32. The number of carbonyl (C=O) groups is 1. The van der Waals surface area contributed by atoms with E-state index in [4.69, 9.17) is 0 Å². The third-order valence-corrected chi connectivity index (χ3v) is 7.05. The highest BCUT2D eigenvalue weighted by molar-refractivity contribution is 5.83. The molecule has 5 rings (SSSR count). The minimum Gasteiger partial charge on any atom is -0.390 e. The van der Waals surface area contributed by atoms with E-state index in [1.807, 2.05) is 29.7 Å². The molecule has 1 amide bonds. The van der Waals surface area contributed by atoms with Gasteiger partial charge in [-0.15, -0.1) is 0 Å². The topological polar surface area (TPSA) is 58.4 Å². The molecule has 2 heterocycles. The first-order valence-corrected chi connectivity index (χ1v) is 9.78. The van der Waals surface area contributed by atoms with Gasteiger partial charge in [0.05, 0.1) is 17.3 Å². The molecule has 3 aliphatic rings. The molecule has 26 heavy (non-hydrogen) atoms. The lowest BCUT2D eigenvalue weighted by Crippen LogP contribution is -2.61. The highest BCUT2D eigenvalue weighted by Crippen LogP contribution is 2.53. The summed E-state index contributed by atoms with van der Waals surface area (Å²) < 4.78 is 1.95. The predicted molar refractivity (Wildman–Crippen MR) is 99.7 cm³/mol. The van der Waals surface area contributed by atoms with Crippen LogP contribution in [0.4, 0.5) is 0 Å². The third kappa shape index (κ3) is 2.40. The van der Waals surface area contributed by atoms with Crippen molar-refractivity contribution in [1.29, 1.82) is 0 Å². The smallest absolute Gasteiger partial charge is 0.225 e. The molecule has 0 bridgehead atoms. The zero-order chi connectivity index (χ0) is 18.1. The van der Waals surface area contributed by atoms with Crippen molar-refractivity contribution in [2.75, 3.05) is 13.1 Å². The first-order chi connectivity index (χ1) is 12.4. The minimum absolute atomic E-state index is 0.0451. The van der Waals surface area contributed by atoms with Crippen LogP contribution in [0.1, 0.15) is 50.5 Å². The predicted octanol–water partition coefficient (Wildman–Crippen LogP) is 2.83. The number of rotatable bonds is 2. The molecule has 2 aromatic rings. The van der Waals surface area contributed by atoms with Gasteiger partial charge in [0.1, 0.15) is 0 Å². The van der Waals surface area contributed by atoms with Crippen molar-refractivity contribution < 1.29 is 9.90 Å². The average Bonchev–Trinajstić information content (AvgIpc) is 3.15. The summed E-state index contributed by atoms with van der Waals surface area (Å²) in [6.07, 6.45) is 6.83.